The molecule has 0 aliphatic heterocycles. The first-order chi connectivity index (χ1) is 16.4. The van der Waals surface area contributed by atoms with Crippen LogP contribution in [0.4, 0.5) is 5.69 Å². The van der Waals surface area contributed by atoms with Crippen molar-refractivity contribution in [2.24, 2.45) is 0 Å². The Kier molecular flexibility index (Phi) is 7.18. The van der Waals surface area contributed by atoms with E-state index in [1.54, 1.807) is 12.3 Å². The molecule has 4 rings (SSSR count). The molecule has 0 aliphatic carbocycles. The fourth-order valence-electron chi connectivity index (χ4n) is 3.59. The van der Waals surface area contributed by atoms with Crippen LogP contribution in [0, 0.1) is 20.8 Å². The van der Waals surface area contributed by atoms with E-state index in [9.17, 15) is 9.59 Å². The van der Waals surface area contributed by atoms with E-state index >= 15 is 0 Å². The van der Waals surface area contributed by atoms with Crippen LogP contribution in [0.3, 0.4) is 0 Å². The van der Waals surface area contributed by atoms with Crippen LogP contribution < -0.4 is 5.32 Å². The van der Waals surface area contributed by atoms with Crippen molar-refractivity contribution in [2.75, 3.05) is 5.32 Å². The van der Waals surface area contributed by atoms with Gasteiger partial charge in [0.1, 0.15) is 17.2 Å². The number of rotatable bonds is 8. The number of carbonyl (C=O) groups excluding carboxylic acids is 2. The summed E-state index contributed by atoms with van der Waals surface area (Å²) in [5, 5.41) is 9.85. The summed E-state index contributed by atoms with van der Waals surface area (Å²) in [7, 11) is 0. The van der Waals surface area contributed by atoms with Crippen LogP contribution >= 0.6 is 11.3 Å². The Balaban J connectivity index is 1.33. The van der Waals surface area contributed by atoms with Crippen molar-refractivity contribution in [3.05, 3.63) is 98.8 Å². The summed E-state index contributed by atoms with van der Waals surface area (Å²) < 4.78 is 7.33. The van der Waals surface area contributed by atoms with E-state index in [0.29, 0.717) is 28.5 Å². The van der Waals surface area contributed by atoms with Gasteiger partial charge in [-0.05, 0) is 38.5 Å². The molecule has 0 fully saturated rings. The molecule has 0 unspecified atom stereocenters. The highest BCUT2D eigenvalue weighted by atomic mass is 32.1. The standard InChI is InChI=1S/C26H26N4O3S/c1-17-9-11-21(12-10-17)27-23(31)13-24-28-22(16-34-24)15-33-26(32)25-18(2)29-30(19(25)3)14-20-7-5-4-6-8-20/h4-12,16H,13-15H2,1-3H3,(H,27,31). The summed E-state index contributed by atoms with van der Waals surface area (Å²) in [6.07, 6.45) is 0.164. The number of ether oxygens (including phenoxy) is 1. The minimum Gasteiger partial charge on any atom is -0.455 e. The van der Waals surface area contributed by atoms with Crippen molar-refractivity contribution < 1.29 is 14.3 Å². The van der Waals surface area contributed by atoms with Gasteiger partial charge >= 0.3 is 5.97 Å². The zero-order chi connectivity index (χ0) is 24.1. The van der Waals surface area contributed by atoms with Gasteiger partial charge in [0.25, 0.3) is 0 Å². The summed E-state index contributed by atoms with van der Waals surface area (Å²) in [5.41, 5.74) is 5.47. The van der Waals surface area contributed by atoms with Crippen LogP contribution in [0.2, 0.25) is 0 Å². The predicted octanol–water partition coefficient (Wildman–Crippen LogP) is 4.85. The highest BCUT2D eigenvalue weighted by molar-refractivity contribution is 7.09. The first kappa shape index (κ1) is 23.4. The minimum absolute atomic E-state index is 0.0393. The van der Waals surface area contributed by atoms with Gasteiger partial charge in [0.2, 0.25) is 5.91 Å². The molecular formula is C26H26N4O3S. The van der Waals surface area contributed by atoms with Crippen molar-refractivity contribution in [3.8, 4) is 0 Å². The molecule has 0 spiro atoms. The van der Waals surface area contributed by atoms with Gasteiger partial charge in [0.15, 0.2) is 0 Å². The molecule has 8 heteroatoms. The molecule has 0 saturated heterocycles. The third-order valence-corrected chi connectivity index (χ3v) is 6.26. The number of aryl methyl sites for hydroxylation is 2. The van der Waals surface area contributed by atoms with Crippen molar-refractivity contribution in [2.45, 2.75) is 40.3 Å². The summed E-state index contributed by atoms with van der Waals surface area (Å²) in [6, 6.07) is 17.6. The third-order valence-electron chi connectivity index (χ3n) is 5.36. The van der Waals surface area contributed by atoms with Crippen LogP contribution in [0.1, 0.15) is 43.6 Å². The highest BCUT2D eigenvalue weighted by Crippen LogP contribution is 2.18. The number of hydrogen-bond donors (Lipinski definition) is 1. The molecule has 2 heterocycles. The Bertz CT molecular complexity index is 1290. The molecule has 174 valence electrons. The molecule has 0 aliphatic rings. The van der Waals surface area contributed by atoms with Gasteiger partial charge in [-0.15, -0.1) is 11.3 Å². The summed E-state index contributed by atoms with van der Waals surface area (Å²) in [4.78, 5) is 29.5. The second kappa shape index (κ2) is 10.4. The number of nitrogens with one attached hydrogen (secondary N) is 1. The van der Waals surface area contributed by atoms with Gasteiger partial charge in [-0.1, -0.05) is 48.0 Å². The number of amides is 1. The lowest BCUT2D eigenvalue weighted by atomic mass is 10.2. The molecule has 0 bridgehead atoms. The van der Waals surface area contributed by atoms with Gasteiger partial charge < -0.3 is 10.1 Å². The Morgan fingerprint density at radius 2 is 1.76 bits per heavy atom. The third kappa shape index (κ3) is 5.77. The van der Waals surface area contributed by atoms with Crippen LogP contribution in [-0.4, -0.2) is 26.6 Å². The lowest BCUT2D eigenvalue weighted by Gasteiger charge is -2.06. The zero-order valence-electron chi connectivity index (χ0n) is 19.4. The lowest BCUT2D eigenvalue weighted by molar-refractivity contribution is -0.115. The average Bonchev–Trinajstić information content (AvgIpc) is 3.37. The molecule has 0 atom stereocenters. The molecule has 0 radical (unpaired) electrons. The topological polar surface area (TPSA) is 86.1 Å². The molecular weight excluding hydrogens is 448 g/mol. The maximum Gasteiger partial charge on any atom is 0.342 e. The Hall–Kier alpha value is -3.78. The Morgan fingerprint density at radius 3 is 2.50 bits per heavy atom. The van der Waals surface area contributed by atoms with Gasteiger partial charge in [-0.25, -0.2) is 9.78 Å². The van der Waals surface area contributed by atoms with Gasteiger partial charge in [-0.3, -0.25) is 9.48 Å². The predicted molar refractivity (Wildman–Crippen MR) is 132 cm³/mol. The number of anilines is 1. The van der Waals surface area contributed by atoms with Crippen molar-refractivity contribution in [1.82, 2.24) is 14.8 Å². The van der Waals surface area contributed by atoms with E-state index in [2.05, 4.69) is 15.4 Å². The van der Waals surface area contributed by atoms with Crippen LogP contribution in [0.25, 0.3) is 0 Å². The summed E-state index contributed by atoms with van der Waals surface area (Å²) >= 11 is 1.37. The number of nitrogens with zero attached hydrogens (tertiary/aromatic N) is 3. The molecule has 1 amide bonds. The SMILES string of the molecule is Cc1ccc(NC(=O)Cc2nc(COC(=O)c3c(C)nn(Cc4ccccc4)c3C)cs2)cc1. The van der Waals surface area contributed by atoms with Gasteiger partial charge in [0.05, 0.1) is 30.0 Å². The van der Waals surface area contributed by atoms with Gasteiger partial charge in [-0.2, -0.15) is 5.10 Å². The maximum atomic E-state index is 12.8. The zero-order valence-corrected chi connectivity index (χ0v) is 20.2. The Labute approximate surface area is 202 Å². The van der Waals surface area contributed by atoms with Crippen molar-refractivity contribution in [1.29, 1.82) is 0 Å². The van der Waals surface area contributed by atoms with E-state index in [4.69, 9.17) is 4.74 Å². The second-order valence-corrected chi connectivity index (χ2v) is 9.03. The van der Waals surface area contributed by atoms with Crippen molar-refractivity contribution >= 4 is 28.9 Å². The Morgan fingerprint density at radius 1 is 1.03 bits per heavy atom. The van der Waals surface area contributed by atoms with E-state index in [0.717, 1.165) is 22.5 Å². The molecule has 0 saturated carbocycles. The number of hydrogen-bond acceptors (Lipinski definition) is 6. The van der Waals surface area contributed by atoms with Gasteiger partial charge in [0, 0.05) is 11.1 Å². The fourth-order valence-corrected chi connectivity index (χ4v) is 4.37. The van der Waals surface area contributed by atoms with Crippen LogP contribution in [0.5, 0.6) is 0 Å². The minimum atomic E-state index is -0.430. The summed E-state index contributed by atoms with van der Waals surface area (Å²) in [6.45, 7) is 6.29. The first-order valence-electron chi connectivity index (χ1n) is 10.9. The normalized spacial score (nSPS) is 10.8. The number of thiazole rings is 1. The smallest absolute Gasteiger partial charge is 0.342 e. The van der Waals surface area contributed by atoms with E-state index < -0.39 is 5.97 Å². The molecule has 1 N–H and O–H groups in total. The quantitative estimate of drug-likeness (QED) is 0.369. The average molecular weight is 475 g/mol. The number of carbonyl (C=O) groups is 2. The molecule has 2 aromatic heterocycles. The fraction of sp³-hybridized carbons (Fsp3) is 0.231. The second-order valence-electron chi connectivity index (χ2n) is 8.09. The first-order valence-corrected chi connectivity index (χ1v) is 11.8. The van der Waals surface area contributed by atoms with E-state index in [1.807, 2.05) is 73.1 Å². The molecule has 7 nitrogen and oxygen atoms in total. The highest BCUT2D eigenvalue weighted by Gasteiger charge is 2.20. The number of esters is 1. The monoisotopic (exact) mass is 474 g/mol. The number of aromatic nitrogens is 3. The van der Waals surface area contributed by atoms with Crippen LogP contribution in [0.15, 0.2) is 60.0 Å². The molecule has 34 heavy (non-hydrogen) atoms. The van der Waals surface area contributed by atoms with Crippen molar-refractivity contribution in [3.63, 3.8) is 0 Å². The van der Waals surface area contributed by atoms with Crippen LogP contribution in [-0.2, 0) is 29.1 Å². The van der Waals surface area contributed by atoms with E-state index in [-0.39, 0.29) is 18.9 Å². The maximum absolute atomic E-state index is 12.8. The lowest BCUT2D eigenvalue weighted by Crippen LogP contribution is -2.14. The van der Waals surface area contributed by atoms with E-state index in [1.165, 1.54) is 11.3 Å². The molecule has 2 aromatic carbocycles. The summed E-state index contributed by atoms with van der Waals surface area (Å²) in [5.74, 6) is -0.570. The number of benzene rings is 2. The largest absolute Gasteiger partial charge is 0.455 e. The molecule has 4 aromatic rings.